The number of nitrogens with one attached hydrogen (secondary N) is 1. The second-order valence-corrected chi connectivity index (χ2v) is 9.62. The zero-order chi connectivity index (χ0) is 21.2. The Morgan fingerprint density at radius 2 is 1.86 bits per heavy atom. The molecule has 1 aromatic carbocycles. The highest BCUT2D eigenvalue weighted by Crippen LogP contribution is 2.46. The van der Waals surface area contributed by atoms with Crippen LogP contribution in [0.15, 0.2) is 24.3 Å². The highest BCUT2D eigenvalue weighted by molar-refractivity contribution is 6.30. The number of amides is 2. The molecule has 1 heterocycles. The molecular weight excluding hydrogens is 388 g/mol. The first-order valence-electron chi connectivity index (χ1n) is 10.7. The van der Waals surface area contributed by atoms with E-state index in [9.17, 15) is 14.7 Å². The number of hydrogen-bond acceptors (Lipinski definition) is 3. The van der Waals surface area contributed by atoms with E-state index in [4.69, 9.17) is 11.6 Å². The summed E-state index contributed by atoms with van der Waals surface area (Å²) in [6.07, 6.45) is 4.63. The molecule has 1 aliphatic carbocycles. The van der Waals surface area contributed by atoms with Crippen LogP contribution in [0.25, 0.3) is 0 Å². The van der Waals surface area contributed by atoms with Gasteiger partial charge in [-0.1, -0.05) is 57.3 Å². The molecule has 2 aliphatic rings. The minimum absolute atomic E-state index is 0.00536. The van der Waals surface area contributed by atoms with Crippen molar-refractivity contribution in [2.75, 3.05) is 13.1 Å². The normalized spacial score (nSPS) is 29.3. The Balaban J connectivity index is 1.75. The average Bonchev–Trinajstić information content (AvgIpc) is 2.70. The Kier molecular flexibility index (Phi) is 6.59. The Morgan fingerprint density at radius 1 is 1.21 bits per heavy atom. The minimum atomic E-state index is -1.02. The van der Waals surface area contributed by atoms with Crippen LogP contribution in [0.1, 0.15) is 64.9 Å². The van der Waals surface area contributed by atoms with Gasteiger partial charge in [-0.15, -0.1) is 0 Å². The Hall–Kier alpha value is -1.59. The van der Waals surface area contributed by atoms with E-state index < -0.39 is 11.0 Å². The molecule has 160 valence electrons. The van der Waals surface area contributed by atoms with Crippen molar-refractivity contribution in [3.63, 3.8) is 0 Å². The van der Waals surface area contributed by atoms with E-state index in [1.54, 1.807) is 12.1 Å². The topological polar surface area (TPSA) is 69.6 Å². The van der Waals surface area contributed by atoms with Gasteiger partial charge in [0, 0.05) is 36.0 Å². The Morgan fingerprint density at radius 3 is 2.48 bits per heavy atom. The molecule has 6 heteroatoms. The van der Waals surface area contributed by atoms with Crippen LogP contribution in [0.5, 0.6) is 0 Å². The number of carbonyl (C=O) groups excluding carboxylic acids is 2. The summed E-state index contributed by atoms with van der Waals surface area (Å²) in [7, 11) is 0. The van der Waals surface area contributed by atoms with Gasteiger partial charge in [-0.3, -0.25) is 9.59 Å². The third-order valence-corrected chi connectivity index (χ3v) is 7.09. The zero-order valence-electron chi connectivity index (χ0n) is 17.7. The number of halogens is 1. The van der Waals surface area contributed by atoms with E-state index in [0.717, 1.165) is 31.2 Å². The number of rotatable bonds is 4. The fourth-order valence-electron chi connectivity index (χ4n) is 4.91. The largest absolute Gasteiger partial charge is 0.384 e. The van der Waals surface area contributed by atoms with Crippen molar-refractivity contribution in [2.45, 2.75) is 70.9 Å². The molecule has 0 bridgehead atoms. The van der Waals surface area contributed by atoms with Crippen molar-refractivity contribution in [1.82, 2.24) is 10.2 Å². The number of aliphatic hydroxyl groups is 1. The molecule has 29 heavy (non-hydrogen) atoms. The summed E-state index contributed by atoms with van der Waals surface area (Å²) in [6, 6.07) is 7.26. The van der Waals surface area contributed by atoms with Gasteiger partial charge in [-0.2, -0.15) is 0 Å². The second-order valence-electron chi connectivity index (χ2n) is 9.18. The highest BCUT2D eigenvalue weighted by atomic mass is 35.5. The van der Waals surface area contributed by atoms with E-state index in [1.165, 1.54) is 0 Å². The van der Waals surface area contributed by atoms with E-state index in [2.05, 4.69) is 5.32 Å². The summed E-state index contributed by atoms with van der Waals surface area (Å²) in [4.78, 5) is 27.2. The lowest BCUT2D eigenvalue weighted by Crippen LogP contribution is -2.59. The number of nitrogens with zero attached hydrogens (tertiary/aromatic N) is 1. The first kappa shape index (κ1) is 22.1. The summed E-state index contributed by atoms with van der Waals surface area (Å²) in [5.41, 5.74) is -0.688. The molecule has 1 aliphatic heterocycles. The Bertz CT molecular complexity index is 749. The third-order valence-electron chi connectivity index (χ3n) is 6.83. The van der Waals surface area contributed by atoms with Crippen molar-refractivity contribution in [2.24, 2.45) is 11.3 Å². The van der Waals surface area contributed by atoms with Crippen LogP contribution in [0, 0.1) is 11.3 Å². The molecule has 1 saturated carbocycles. The molecule has 0 aromatic heterocycles. The van der Waals surface area contributed by atoms with Crippen LogP contribution in [-0.2, 0) is 15.2 Å². The minimum Gasteiger partial charge on any atom is -0.384 e. The van der Waals surface area contributed by atoms with Crippen LogP contribution >= 0.6 is 11.6 Å². The maximum absolute atomic E-state index is 13.4. The smallest absolute Gasteiger partial charge is 0.227 e. The number of hydrogen-bond donors (Lipinski definition) is 2. The first-order chi connectivity index (χ1) is 13.7. The SMILES string of the molecule is CCC(=O)NC1CCCCC1C(=O)N1CC[C@](O)(c2ccc(Cl)cc2)C(C)(C)C1. The molecule has 0 radical (unpaired) electrons. The van der Waals surface area contributed by atoms with E-state index in [0.29, 0.717) is 31.0 Å². The summed E-state index contributed by atoms with van der Waals surface area (Å²) < 4.78 is 0. The van der Waals surface area contributed by atoms with E-state index >= 15 is 0 Å². The maximum atomic E-state index is 13.4. The zero-order valence-corrected chi connectivity index (χ0v) is 18.5. The molecule has 2 fully saturated rings. The van der Waals surface area contributed by atoms with E-state index in [1.807, 2.05) is 37.8 Å². The van der Waals surface area contributed by atoms with Crippen LogP contribution in [0.2, 0.25) is 5.02 Å². The molecule has 2 amide bonds. The average molecular weight is 421 g/mol. The van der Waals surface area contributed by atoms with E-state index in [-0.39, 0.29) is 23.8 Å². The standard InChI is InChI=1S/C23H33ClN2O3/c1-4-20(27)25-19-8-6-5-7-18(19)21(28)26-14-13-23(29,22(2,3)15-26)16-9-11-17(24)12-10-16/h9-12,18-19,29H,4-8,13-15H2,1-3H3,(H,25,27)/t18?,19?,23-/m0/s1. The fourth-order valence-corrected chi connectivity index (χ4v) is 5.04. The van der Waals surface area contributed by atoms with Gasteiger partial charge >= 0.3 is 0 Å². The molecule has 3 rings (SSSR count). The highest BCUT2D eigenvalue weighted by Gasteiger charge is 2.50. The third kappa shape index (κ3) is 4.46. The van der Waals surface area contributed by atoms with Crippen LogP contribution in [0.3, 0.4) is 0 Å². The quantitative estimate of drug-likeness (QED) is 0.776. The lowest BCUT2D eigenvalue weighted by molar-refractivity contribution is -0.158. The summed E-state index contributed by atoms with van der Waals surface area (Å²) in [5.74, 6) is -0.0557. The summed E-state index contributed by atoms with van der Waals surface area (Å²) in [6.45, 7) is 6.85. The van der Waals surface area contributed by atoms with Gasteiger partial charge in [0.05, 0.1) is 11.5 Å². The second kappa shape index (κ2) is 8.65. The molecule has 1 aromatic rings. The van der Waals surface area contributed by atoms with Gasteiger partial charge in [0.15, 0.2) is 0 Å². The van der Waals surface area contributed by atoms with Crippen molar-refractivity contribution in [3.8, 4) is 0 Å². The lowest BCUT2D eigenvalue weighted by atomic mass is 9.66. The van der Waals surface area contributed by atoms with Crippen molar-refractivity contribution >= 4 is 23.4 Å². The number of likely N-dealkylation sites (tertiary alicyclic amines) is 1. The lowest BCUT2D eigenvalue weighted by Gasteiger charge is -2.51. The number of piperidine rings is 1. The predicted molar refractivity (Wildman–Crippen MR) is 115 cm³/mol. The molecule has 0 spiro atoms. The predicted octanol–water partition coefficient (Wildman–Crippen LogP) is 3.87. The van der Waals surface area contributed by atoms with Crippen molar-refractivity contribution in [3.05, 3.63) is 34.9 Å². The van der Waals surface area contributed by atoms with Crippen molar-refractivity contribution in [1.29, 1.82) is 0 Å². The number of benzene rings is 1. The van der Waals surface area contributed by atoms with Crippen LogP contribution in [0.4, 0.5) is 0 Å². The molecule has 5 nitrogen and oxygen atoms in total. The molecular formula is C23H33ClN2O3. The molecule has 3 atom stereocenters. The van der Waals surface area contributed by atoms with Crippen LogP contribution < -0.4 is 5.32 Å². The van der Waals surface area contributed by atoms with Gasteiger partial charge in [0.25, 0.3) is 0 Å². The molecule has 1 saturated heterocycles. The van der Waals surface area contributed by atoms with Gasteiger partial charge in [-0.05, 0) is 37.0 Å². The maximum Gasteiger partial charge on any atom is 0.227 e. The number of carbonyl (C=O) groups is 2. The molecule has 2 unspecified atom stereocenters. The summed E-state index contributed by atoms with van der Waals surface area (Å²) in [5, 5.41) is 15.2. The monoisotopic (exact) mass is 420 g/mol. The van der Waals surface area contributed by atoms with Crippen LogP contribution in [-0.4, -0.2) is 41.0 Å². The van der Waals surface area contributed by atoms with Gasteiger partial charge in [-0.25, -0.2) is 0 Å². The summed E-state index contributed by atoms with van der Waals surface area (Å²) >= 11 is 6.01. The van der Waals surface area contributed by atoms with Gasteiger partial charge in [0.2, 0.25) is 11.8 Å². The Labute approximate surface area is 178 Å². The van der Waals surface area contributed by atoms with Gasteiger partial charge < -0.3 is 15.3 Å². The van der Waals surface area contributed by atoms with Gasteiger partial charge in [0.1, 0.15) is 0 Å². The first-order valence-corrected chi connectivity index (χ1v) is 11.1. The molecule has 2 N–H and O–H groups in total. The van der Waals surface area contributed by atoms with Crippen molar-refractivity contribution < 1.29 is 14.7 Å². The fraction of sp³-hybridized carbons (Fsp3) is 0.652.